The van der Waals surface area contributed by atoms with E-state index >= 15 is 0 Å². The van der Waals surface area contributed by atoms with Crippen LogP contribution in [0.4, 0.5) is 5.69 Å². The van der Waals surface area contributed by atoms with E-state index in [1.165, 1.54) is 18.2 Å². The number of benzene rings is 1. The predicted molar refractivity (Wildman–Crippen MR) is 73.0 cm³/mol. The number of hydrogen-bond donors (Lipinski definition) is 1. The van der Waals surface area contributed by atoms with Gasteiger partial charge in [-0.25, -0.2) is 0 Å². The summed E-state index contributed by atoms with van der Waals surface area (Å²) in [6.45, 7) is 1.81. The summed E-state index contributed by atoms with van der Waals surface area (Å²) >= 11 is 0. The van der Waals surface area contributed by atoms with Crippen molar-refractivity contribution in [1.29, 1.82) is 0 Å². The zero-order chi connectivity index (χ0) is 14.8. The van der Waals surface area contributed by atoms with Crippen molar-refractivity contribution in [3.8, 4) is 5.75 Å². The maximum absolute atomic E-state index is 12.4. The summed E-state index contributed by atoms with van der Waals surface area (Å²) in [6, 6.07) is 4.28. The molecule has 2 rings (SSSR count). The lowest BCUT2D eigenvalue weighted by Crippen LogP contribution is -2.40. The molecule has 1 aliphatic heterocycles. The zero-order valence-corrected chi connectivity index (χ0v) is 11.9. The SMILES string of the molecule is CS(=O)(=O)Oc1ccc(N)cc1C(=O)N1CCOCC1. The quantitative estimate of drug-likeness (QED) is 0.627. The average molecular weight is 300 g/mol. The first kappa shape index (κ1) is 14.6. The van der Waals surface area contributed by atoms with Gasteiger partial charge >= 0.3 is 10.1 Å². The molecule has 1 aromatic rings. The molecule has 1 heterocycles. The van der Waals surface area contributed by atoms with E-state index in [-0.39, 0.29) is 17.2 Å². The Morgan fingerprint density at radius 3 is 2.60 bits per heavy atom. The van der Waals surface area contributed by atoms with E-state index in [1.54, 1.807) is 4.90 Å². The minimum Gasteiger partial charge on any atom is -0.399 e. The van der Waals surface area contributed by atoms with Gasteiger partial charge in [0.25, 0.3) is 5.91 Å². The summed E-state index contributed by atoms with van der Waals surface area (Å²) < 4.78 is 32.5. The molecule has 1 aromatic carbocycles. The Labute approximate surface area is 117 Å². The number of morpholine rings is 1. The van der Waals surface area contributed by atoms with Crippen molar-refractivity contribution in [3.05, 3.63) is 23.8 Å². The van der Waals surface area contributed by atoms with Crippen LogP contribution in [-0.4, -0.2) is 51.8 Å². The van der Waals surface area contributed by atoms with Crippen LogP contribution in [0.25, 0.3) is 0 Å². The van der Waals surface area contributed by atoms with Gasteiger partial charge in [-0.2, -0.15) is 8.42 Å². The molecule has 0 bridgehead atoms. The number of carbonyl (C=O) groups is 1. The highest BCUT2D eigenvalue weighted by Crippen LogP contribution is 2.24. The Morgan fingerprint density at radius 1 is 1.35 bits per heavy atom. The van der Waals surface area contributed by atoms with Gasteiger partial charge < -0.3 is 19.6 Å². The highest BCUT2D eigenvalue weighted by molar-refractivity contribution is 7.86. The van der Waals surface area contributed by atoms with Crippen molar-refractivity contribution in [2.75, 3.05) is 38.3 Å². The molecule has 0 saturated carbocycles. The van der Waals surface area contributed by atoms with Crippen LogP contribution in [-0.2, 0) is 14.9 Å². The van der Waals surface area contributed by atoms with Gasteiger partial charge in [0.1, 0.15) is 0 Å². The molecule has 0 aliphatic carbocycles. The minimum absolute atomic E-state index is 0.0156. The molecule has 110 valence electrons. The van der Waals surface area contributed by atoms with Gasteiger partial charge in [0, 0.05) is 18.8 Å². The Hall–Kier alpha value is -1.80. The zero-order valence-electron chi connectivity index (χ0n) is 11.0. The van der Waals surface area contributed by atoms with E-state index in [0.29, 0.717) is 32.0 Å². The Kier molecular flexibility index (Phi) is 4.15. The van der Waals surface area contributed by atoms with Gasteiger partial charge in [-0.3, -0.25) is 4.79 Å². The third-order valence-corrected chi connectivity index (χ3v) is 3.26. The van der Waals surface area contributed by atoms with E-state index in [9.17, 15) is 13.2 Å². The fourth-order valence-electron chi connectivity index (χ4n) is 1.89. The molecule has 8 heteroatoms. The Bertz CT molecular complexity index is 608. The van der Waals surface area contributed by atoms with Crippen LogP contribution in [0.3, 0.4) is 0 Å². The molecule has 0 aromatic heterocycles. The van der Waals surface area contributed by atoms with Gasteiger partial charge in [-0.1, -0.05) is 0 Å². The molecule has 1 fully saturated rings. The Balaban J connectivity index is 2.33. The Morgan fingerprint density at radius 2 is 2.00 bits per heavy atom. The van der Waals surface area contributed by atoms with Crippen LogP contribution < -0.4 is 9.92 Å². The van der Waals surface area contributed by atoms with Crippen LogP contribution in [0.1, 0.15) is 10.4 Å². The third-order valence-electron chi connectivity index (χ3n) is 2.77. The molecular weight excluding hydrogens is 284 g/mol. The molecule has 0 unspecified atom stereocenters. The van der Waals surface area contributed by atoms with E-state index in [0.717, 1.165) is 6.26 Å². The van der Waals surface area contributed by atoms with Crippen molar-refractivity contribution in [1.82, 2.24) is 4.90 Å². The lowest BCUT2D eigenvalue weighted by Gasteiger charge is -2.27. The van der Waals surface area contributed by atoms with E-state index in [1.807, 2.05) is 0 Å². The van der Waals surface area contributed by atoms with Crippen LogP contribution in [0.2, 0.25) is 0 Å². The van der Waals surface area contributed by atoms with E-state index < -0.39 is 10.1 Å². The number of ether oxygens (including phenoxy) is 1. The predicted octanol–water partition coefficient (Wildman–Crippen LogP) is 0.0796. The fourth-order valence-corrected chi connectivity index (χ4v) is 2.36. The second-order valence-corrected chi connectivity index (χ2v) is 6.02. The van der Waals surface area contributed by atoms with Gasteiger partial charge in [-0.05, 0) is 18.2 Å². The first-order valence-corrected chi connectivity index (χ1v) is 7.84. The monoisotopic (exact) mass is 300 g/mol. The number of amides is 1. The summed E-state index contributed by atoms with van der Waals surface area (Å²) in [5.41, 5.74) is 6.16. The van der Waals surface area contributed by atoms with Gasteiger partial charge in [0.2, 0.25) is 0 Å². The molecule has 7 nitrogen and oxygen atoms in total. The molecule has 0 spiro atoms. The van der Waals surface area contributed by atoms with Crippen molar-refractivity contribution in [3.63, 3.8) is 0 Å². The standard InChI is InChI=1S/C12H16N2O5S/c1-20(16,17)19-11-3-2-9(13)8-10(11)12(15)14-4-6-18-7-5-14/h2-3,8H,4-7,13H2,1H3. The maximum atomic E-state index is 12.4. The fraction of sp³-hybridized carbons (Fsp3) is 0.417. The van der Waals surface area contributed by atoms with Crippen molar-refractivity contribution in [2.45, 2.75) is 0 Å². The lowest BCUT2D eigenvalue weighted by atomic mass is 10.1. The number of hydrogen-bond acceptors (Lipinski definition) is 6. The number of nitrogens with zero attached hydrogens (tertiary/aromatic N) is 1. The first-order valence-electron chi connectivity index (χ1n) is 6.03. The van der Waals surface area contributed by atoms with Crippen LogP contribution in [0, 0.1) is 0 Å². The van der Waals surface area contributed by atoms with Gasteiger partial charge in [-0.15, -0.1) is 0 Å². The molecule has 0 atom stereocenters. The van der Waals surface area contributed by atoms with Crippen LogP contribution in [0.5, 0.6) is 5.75 Å². The number of nitrogen functional groups attached to an aromatic ring is 1. The molecule has 20 heavy (non-hydrogen) atoms. The minimum atomic E-state index is -3.71. The van der Waals surface area contributed by atoms with Crippen molar-refractivity contribution < 1.29 is 22.1 Å². The summed E-state index contributed by atoms with van der Waals surface area (Å²) in [5.74, 6) is -0.336. The van der Waals surface area contributed by atoms with Gasteiger partial charge in [0.05, 0.1) is 25.0 Å². The molecule has 1 amide bonds. The number of nitrogens with two attached hydrogens (primary N) is 1. The normalized spacial score (nSPS) is 15.9. The van der Waals surface area contributed by atoms with Gasteiger partial charge in [0.15, 0.2) is 5.75 Å². The molecule has 2 N–H and O–H groups in total. The average Bonchev–Trinajstić information content (AvgIpc) is 2.39. The number of carbonyl (C=O) groups excluding carboxylic acids is 1. The second-order valence-electron chi connectivity index (χ2n) is 4.45. The molecular formula is C12H16N2O5S. The highest BCUT2D eigenvalue weighted by atomic mass is 32.2. The number of anilines is 1. The lowest BCUT2D eigenvalue weighted by molar-refractivity contribution is 0.0302. The van der Waals surface area contributed by atoms with Crippen LogP contribution in [0.15, 0.2) is 18.2 Å². The second kappa shape index (κ2) is 5.68. The summed E-state index contributed by atoms with van der Waals surface area (Å²) in [4.78, 5) is 14.0. The van der Waals surface area contributed by atoms with Crippen molar-refractivity contribution in [2.24, 2.45) is 0 Å². The molecule has 1 aliphatic rings. The summed E-state index contributed by atoms with van der Waals surface area (Å²) in [5, 5.41) is 0. The maximum Gasteiger partial charge on any atom is 0.306 e. The summed E-state index contributed by atoms with van der Waals surface area (Å²) in [7, 11) is -3.71. The highest BCUT2D eigenvalue weighted by Gasteiger charge is 2.23. The molecule has 1 saturated heterocycles. The smallest absolute Gasteiger partial charge is 0.306 e. The topological polar surface area (TPSA) is 98.9 Å². The van der Waals surface area contributed by atoms with E-state index in [4.69, 9.17) is 14.7 Å². The van der Waals surface area contributed by atoms with Crippen LogP contribution >= 0.6 is 0 Å². The van der Waals surface area contributed by atoms with E-state index in [2.05, 4.69) is 0 Å². The first-order chi connectivity index (χ1) is 9.37. The third kappa shape index (κ3) is 3.61. The summed E-state index contributed by atoms with van der Waals surface area (Å²) in [6.07, 6.45) is 0.923. The molecule has 0 radical (unpaired) electrons. The number of rotatable bonds is 3. The van der Waals surface area contributed by atoms with Crippen molar-refractivity contribution >= 4 is 21.7 Å². The largest absolute Gasteiger partial charge is 0.399 e.